The summed E-state index contributed by atoms with van der Waals surface area (Å²) in [6.45, 7) is 5.39. The van der Waals surface area contributed by atoms with E-state index in [9.17, 15) is 9.90 Å². The summed E-state index contributed by atoms with van der Waals surface area (Å²) in [7, 11) is 0. The van der Waals surface area contributed by atoms with Gasteiger partial charge >= 0.3 is 5.97 Å². The molecule has 1 aromatic heterocycles. The number of nitrogens with zero attached hydrogens (tertiary/aromatic N) is 3. The van der Waals surface area contributed by atoms with Crippen molar-refractivity contribution in [3.05, 3.63) is 11.7 Å². The molecule has 0 saturated carbocycles. The fourth-order valence-corrected chi connectivity index (χ4v) is 2.76. The summed E-state index contributed by atoms with van der Waals surface area (Å²) < 4.78 is 5.21. The first kappa shape index (κ1) is 15.0. The van der Waals surface area contributed by atoms with Gasteiger partial charge in [0.25, 0.3) is 0 Å². The summed E-state index contributed by atoms with van der Waals surface area (Å²) in [6, 6.07) is -0.435. The van der Waals surface area contributed by atoms with Crippen molar-refractivity contribution in [1.29, 1.82) is 0 Å². The number of piperidine rings is 1. The highest BCUT2D eigenvalue weighted by Crippen LogP contribution is 2.26. The van der Waals surface area contributed by atoms with Crippen LogP contribution in [0.4, 0.5) is 0 Å². The van der Waals surface area contributed by atoms with Gasteiger partial charge in [0.1, 0.15) is 6.04 Å². The smallest absolute Gasteiger partial charge is 0.320 e. The van der Waals surface area contributed by atoms with E-state index in [1.54, 1.807) is 0 Å². The van der Waals surface area contributed by atoms with E-state index in [0.717, 1.165) is 32.2 Å². The molecule has 1 aliphatic heterocycles. The first-order valence-corrected chi connectivity index (χ1v) is 7.42. The quantitative estimate of drug-likeness (QED) is 0.860. The molecule has 1 fully saturated rings. The predicted molar refractivity (Wildman–Crippen MR) is 73.1 cm³/mol. The Kier molecular flexibility index (Phi) is 5.11. The number of hydrogen-bond donors (Lipinski definition) is 1. The van der Waals surface area contributed by atoms with Crippen molar-refractivity contribution in [1.82, 2.24) is 15.0 Å². The highest BCUT2D eigenvalue weighted by atomic mass is 16.5. The van der Waals surface area contributed by atoms with Gasteiger partial charge in [-0.05, 0) is 31.7 Å². The molecule has 0 aliphatic carbocycles. The molecule has 2 atom stereocenters. The lowest BCUT2D eigenvalue weighted by Gasteiger charge is -2.35. The fourth-order valence-electron chi connectivity index (χ4n) is 2.76. The number of carbonyl (C=O) groups is 1. The van der Waals surface area contributed by atoms with Crippen molar-refractivity contribution in [2.24, 2.45) is 5.92 Å². The number of carboxylic acids is 1. The topological polar surface area (TPSA) is 79.5 Å². The maximum atomic E-state index is 11.4. The molecule has 0 aromatic carbocycles. The largest absolute Gasteiger partial charge is 0.480 e. The molecule has 2 heterocycles. The van der Waals surface area contributed by atoms with Crippen molar-refractivity contribution >= 4 is 5.97 Å². The molecule has 0 spiro atoms. The third-order valence-corrected chi connectivity index (χ3v) is 4.01. The first-order chi connectivity index (χ1) is 9.63. The molecule has 2 rings (SSSR count). The predicted octanol–water partition coefficient (Wildman–Crippen LogP) is 2.10. The van der Waals surface area contributed by atoms with Crippen LogP contribution >= 0.6 is 0 Å². The zero-order chi connectivity index (χ0) is 14.5. The molecule has 1 aliphatic rings. The van der Waals surface area contributed by atoms with Crippen LogP contribution in [-0.4, -0.2) is 38.7 Å². The lowest BCUT2D eigenvalue weighted by atomic mass is 9.89. The average Bonchev–Trinajstić information content (AvgIpc) is 2.87. The fraction of sp³-hybridized carbons (Fsp3) is 0.786. The lowest BCUT2D eigenvalue weighted by molar-refractivity contribution is -0.146. The molecule has 0 amide bonds. The van der Waals surface area contributed by atoms with Gasteiger partial charge in [0.15, 0.2) is 5.82 Å². The first-order valence-electron chi connectivity index (χ1n) is 7.42. The highest BCUT2D eigenvalue weighted by molar-refractivity contribution is 5.73. The Balaban J connectivity index is 2.00. The molecule has 20 heavy (non-hydrogen) atoms. The second kappa shape index (κ2) is 6.83. The minimum absolute atomic E-state index is 0.435. The normalized spacial score (nSPS) is 23.9. The number of likely N-dealkylation sites (tertiary alicyclic amines) is 1. The summed E-state index contributed by atoms with van der Waals surface area (Å²) in [5.74, 6) is 0.981. The van der Waals surface area contributed by atoms with Gasteiger partial charge in [-0.1, -0.05) is 25.4 Å². The van der Waals surface area contributed by atoms with E-state index < -0.39 is 12.0 Å². The summed E-state index contributed by atoms with van der Waals surface area (Å²) in [5.41, 5.74) is 0. The summed E-state index contributed by atoms with van der Waals surface area (Å²) >= 11 is 0. The average molecular weight is 281 g/mol. The Morgan fingerprint density at radius 3 is 2.95 bits per heavy atom. The molecule has 6 heteroatoms. The van der Waals surface area contributed by atoms with Gasteiger partial charge in [-0.15, -0.1) is 0 Å². The molecule has 1 saturated heterocycles. The van der Waals surface area contributed by atoms with Crippen molar-refractivity contribution in [2.45, 2.75) is 58.5 Å². The van der Waals surface area contributed by atoms with Gasteiger partial charge in [0.05, 0.1) is 6.54 Å². The monoisotopic (exact) mass is 281 g/mol. The van der Waals surface area contributed by atoms with E-state index >= 15 is 0 Å². The number of aromatic nitrogens is 2. The standard InChI is InChI=1S/C14H23N3O3/c1-3-5-12-15-13(20-16-12)9-17-7-6-10(4-2)8-11(17)14(18)19/h10-11H,3-9H2,1-2H3,(H,18,19). The van der Waals surface area contributed by atoms with E-state index in [4.69, 9.17) is 4.52 Å². The SMILES string of the molecule is CCCc1noc(CN2CCC(CC)CC2C(=O)O)n1. The van der Waals surface area contributed by atoms with Crippen LogP contribution in [-0.2, 0) is 17.8 Å². The lowest BCUT2D eigenvalue weighted by Crippen LogP contribution is -2.46. The number of aliphatic carboxylic acids is 1. The second-order valence-corrected chi connectivity index (χ2v) is 5.48. The Hall–Kier alpha value is -1.43. The number of aryl methyl sites for hydroxylation is 1. The van der Waals surface area contributed by atoms with Gasteiger partial charge in [-0.25, -0.2) is 0 Å². The maximum absolute atomic E-state index is 11.4. The van der Waals surface area contributed by atoms with Gasteiger partial charge in [0.2, 0.25) is 5.89 Å². The van der Waals surface area contributed by atoms with Crippen LogP contribution in [0.1, 0.15) is 51.2 Å². The Labute approximate surface area is 119 Å². The highest BCUT2D eigenvalue weighted by Gasteiger charge is 2.33. The summed E-state index contributed by atoms with van der Waals surface area (Å²) in [5, 5.41) is 13.3. The summed E-state index contributed by atoms with van der Waals surface area (Å²) in [6.07, 6.45) is 4.55. The van der Waals surface area contributed by atoms with Crippen LogP contribution < -0.4 is 0 Å². The van der Waals surface area contributed by atoms with Crippen molar-refractivity contribution in [3.63, 3.8) is 0 Å². The third-order valence-electron chi connectivity index (χ3n) is 4.01. The van der Waals surface area contributed by atoms with Crippen LogP contribution in [0.2, 0.25) is 0 Å². The number of carboxylic acid groups (broad SMARTS) is 1. The Morgan fingerprint density at radius 2 is 2.30 bits per heavy atom. The molecule has 2 unspecified atom stereocenters. The molecule has 1 aromatic rings. The zero-order valence-corrected chi connectivity index (χ0v) is 12.2. The summed E-state index contributed by atoms with van der Waals surface area (Å²) in [4.78, 5) is 17.7. The molecular weight excluding hydrogens is 258 g/mol. The van der Waals surface area contributed by atoms with E-state index in [-0.39, 0.29) is 0 Å². The molecular formula is C14H23N3O3. The maximum Gasteiger partial charge on any atom is 0.320 e. The minimum atomic E-state index is -0.753. The van der Waals surface area contributed by atoms with Crippen molar-refractivity contribution in [3.8, 4) is 0 Å². The Bertz CT molecular complexity index is 447. The van der Waals surface area contributed by atoms with Gasteiger partial charge < -0.3 is 9.63 Å². The van der Waals surface area contributed by atoms with Gasteiger partial charge in [-0.2, -0.15) is 4.98 Å². The van der Waals surface area contributed by atoms with Crippen LogP contribution in [0.5, 0.6) is 0 Å². The van der Waals surface area contributed by atoms with E-state index in [2.05, 4.69) is 24.0 Å². The zero-order valence-electron chi connectivity index (χ0n) is 12.2. The van der Waals surface area contributed by atoms with E-state index in [1.165, 1.54) is 0 Å². The van der Waals surface area contributed by atoms with Crippen LogP contribution in [0.25, 0.3) is 0 Å². The number of hydrogen-bond acceptors (Lipinski definition) is 5. The molecule has 112 valence electrons. The van der Waals surface area contributed by atoms with E-state index in [1.807, 2.05) is 4.90 Å². The molecule has 0 bridgehead atoms. The van der Waals surface area contributed by atoms with Crippen molar-refractivity contribution < 1.29 is 14.4 Å². The molecule has 1 N–H and O–H groups in total. The third kappa shape index (κ3) is 3.56. The van der Waals surface area contributed by atoms with Crippen LogP contribution in [0.3, 0.4) is 0 Å². The van der Waals surface area contributed by atoms with E-state index in [0.29, 0.717) is 30.6 Å². The second-order valence-electron chi connectivity index (χ2n) is 5.48. The Morgan fingerprint density at radius 1 is 1.50 bits per heavy atom. The number of rotatable bonds is 6. The minimum Gasteiger partial charge on any atom is -0.480 e. The molecule has 0 radical (unpaired) electrons. The van der Waals surface area contributed by atoms with Gasteiger partial charge in [0, 0.05) is 6.42 Å². The molecule has 6 nitrogen and oxygen atoms in total. The van der Waals surface area contributed by atoms with Crippen LogP contribution in [0.15, 0.2) is 4.52 Å². The van der Waals surface area contributed by atoms with Gasteiger partial charge in [-0.3, -0.25) is 9.69 Å². The van der Waals surface area contributed by atoms with Crippen LogP contribution in [0, 0.1) is 5.92 Å². The van der Waals surface area contributed by atoms with Crippen molar-refractivity contribution in [2.75, 3.05) is 6.54 Å².